The SMILES string of the molecule is COc1cc2c(cc1OC)C1CN(c3nc(-c4ccncn4)cc(=O)n3C)CCN1CC2. The molecule has 1 aromatic carbocycles. The minimum absolute atomic E-state index is 0.110. The summed E-state index contributed by atoms with van der Waals surface area (Å²) in [6, 6.07) is 7.66. The first-order chi connectivity index (χ1) is 15.6. The summed E-state index contributed by atoms with van der Waals surface area (Å²) < 4.78 is 12.7. The Morgan fingerprint density at radius 2 is 1.84 bits per heavy atom. The van der Waals surface area contributed by atoms with Crippen LogP contribution in [-0.4, -0.2) is 64.8 Å². The van der Waals surface area contributed by atoms with Crippen LogP contribution < -0.4 is 19.9 Å². The summed E-state index contributed by atoms with van der Waals surface area (Å²) in [6.07, 6.45) is 4.10. The second kappa shape index (κ2) is 8.23. The normalized spacial score (nSPS) is 18.1. The van der Waals surface area contributed by atoms with Gasteiger partial charge in [0.15, 0.2) is 11.5 Å². The number of fused-ring (bicyclic) bond motifs is 3. The van der Waals surface area contributed by atoms with Crippen molar-refractivity contribution < 1.29 is 9.47 Å². The Kier molecular flexibility index (Phi) is 5.26. The highest BCUT2D eigenvalue weighted by Gasteiger charge is 2.35. The number of methoxy groups -OCH3 is 2. The van der Waals surface area contributed by atoms with Crippen LogP contribution in [-0.2, 0) is 13.5 Å². The highest BCUT2D eigenvalue weighted by molar-refractivity contribution is 5.56. The van der Waals surface area contributed by atoms with Gasteiger partial charge in [-0.2, -0.15) is 0 Å². The van der Waals surface area contributed by atoms with Crippen molar-refractivity contribution in [3.8, 4) is 22.9 Å². The van der Waals surface area contributed by atoms with Gasteiger partial charge < -0.3 is 14.4 Å². The van der Waals surface area contributed by atoms with E-state index in [0.717, 1.165) is 44.1 Å². The van der Waals surface area contributed by atoms with E-state index in [1.165, 1.54) is 23.5 Å². The minimum atomic E-state index is -0.110. The Morgan fingerprint density at radius 3 is 2.59 bits per heavy atom. The van der Waals surface area contributed by atoms with E-state index in [9.17, 15) is 4.79 Å². The van der Waals surface area contributed by atoms with E-state index in [1.807, 2.05) is 0 Å². The largest absolute Gasteiger partial charge is 0.493 e. The molecule has 0 aliphatic carbocycles. The fourth-order valence-electron chi connectivity index (χ4n) is 4.68. The zero-order valence-corrected chi connectivity index (χ0v) is 18.5. The molecule has 0 radical (unpaired) electrons. The van der Waals surface area contributed by atoms with Crippen molar-refractivity contribution in [2.45, 2.75) is 12.5 Å². The van der Waals surface area contributed by atoms with Crippen LogP contribution in [0.25, 0.3) is 11.4 Å². The number of hydrogen-bond donors (Lipinski definition) is 0. The third kappa shape index (κ3) is 3.48. The van der Waals surface area contributed by atoms with Crippen molar-refractivity contribution in [3.63, 3.8) is 0 Å². The Bertz CT molecular complexity index is 1200. The lowest BCUT2D eigenvalue weighted by Gasteiger charge is -2.45. The van der Waals surface area contributed by atoms with Crippen LogP contribution in [0.15, 0.2) is 41.6 Å². The number of piperazine rings is 1. The highest BCUT2D eigenvalue weighted by Crippen LogP contribution is 2.39. The van der Waals surface area contributed by atoms with E-state index in [4.69, 9.17) is 14.5 Å². The van der Waals surface area contributed by atoms with E-state index in [0.29, 0.717) is 17.3 Å². The van der Waals surface area contributed by atoms with Gasteiger partial charge in [-0.05, 0) is 35.7 Å². The fourth-order valence-corrected chi connectivity index (χ4v) is 4.68. The van der Waals surface area contributed by atoms with Gasteiger partial charge in [0.05, 0.1) is 31.6 Å². The molecule has 3 aromatic rings. The molecule has 5 rings (SSSR count). The maximum absolute atomic E-state index is 12.7. The lowest BCUT2D eigenvalue weighted by Crippen LogP contribution is -2.52. The molecule has 2 aliphatic heterocycles. The maximum Gasteiger partial charge on any atom is 0.255 e. The van der Waals surface area contributed by atoms with Crippen molar-refractivity contribution in [1.82, 2.24) is 24.4 Å². The molecule has 2 aliphatic rings. The van der Waals surface area contributed by atoms with Gasteiger partial charge in [-0.15, -0.1) is 0 Å². The molecule has 1 saturated heterocycles. The second-order valence-electron chi connectivity index (χ2n) is 8.09. The van der Waals surface area contributed by atoms with E-state index < -0.39 is 0 Å². The van der Waals surface area contributed by atoms with E-state index in [-0.39, 0.29) is 11.6 Å². The number of ether oxygens (including phenoxy) is 2. The van der Waals surface area contributed by atoms with Gasteiger partial charge in [0, 0.05) is 45.5 Å². The monoisotopic (exact) mass is 434 g/mol. The summed E-state index contributed by atoms with van der Waals surface area (Å²) in [4.78, 5) is 30.5. The highest BCUT2D eigenvalue weighted by atomic mass is 16.5. The first-order valence-corrected chi connectivity index (χ1v) is 10.7. The molecule has 9 nitrogen and oxygen atoms in total. The van der Waals surface area contributed by atoms with Gasteiger partial charge in [-0.3, -0.25) is 14.3 Å². The second-order valence-corrected chi connectivity index (χ2v) is 8.09. The van der Waals surface area contributed by atoms with Crippen LogP contribution in [0, 0.1) is 0 Å². The predicted octanol–water partition coefficient (Wildman–Crippen LogP) is 1.67. The topological polar surface area (TPSA) is 85.6 Å². The molecule has 0 N–H and O–H groups in total. The van der Waals surface area contributed by atoms with Crippen molar-refractivity contribution in [2.24, 2.45) is 7.05 Å². The van der Waals surface area contributed by atoms with Crippen molar-refractivity contribution >= 4 is 5.95 Å². The summed E-state index contributed by atoms with van der Waals surface area (Å²) in [5.41, 5.74) is 3.61. The Balaban J connectivity index is 1.52. The zero-order valence-electron chi connectivity index (χ0n) is 18.5. The number of anilines is 1. The smallest absolute Gasteiger partial charge is 0.255 e. The first-order valence-electron chi connectivity index (χ1n) is 10.7. The van der Waals surface area contributed by atoms with Crippen LogP contribution in [0.1, 0.15) is 17.2 Å². The van der Waals surface area contributed by atoms with Crippen LogP contribution in [0.4, 0.5) is 5.95 Å². The molecule has 1 atom stereocenters. The molecule has 32 heavy (non-hydrogen) atoms. The van der Waals surface area contributed by atoms with E-state index in [2.05, 4.69) is 31.9 Å². The molecule has 166 valence electrons. The summed E-state index contributed by atoms with van der Waals surface area (Å²) in [6.45, 7) is 3.42. The van der Waals surface area contributed by atoms with Crippen molar-refractivity contribution in [3.05, 3.63) is 58.3 Å². The lowest BCUT2D eigenvalue weighted by atomic mass is 9.90. The van der Waals surface area contributed by atoms with Crippen molar-refractivity contribution in [1.29, 1.82) is 0 Å². The van der Waals surface area contributed by atoms with Gasteiger partial charge in [-0.1, -0.05) is 0 Å². The summed E-state index contributed by atoms with van der Waals surface area (Å²) in [5, 5.41) is 0. The number of aromatic nitrogens is 4. The molecule has 0 amide bonds. The van der Waals surface area contributed by atoms with Crippen LogP contribution in [0.2, 0.25) is 0 Å². The van der Waals surface area contributed by atoms with Gasteiger partial charge in [-0.25, -0.2) is 15.0 Å². The molecule has 2 aromatic heterocycles. The summed E-state index contributed by atoms with van der Waals surface area (Å²) >= 11 is 0. The fraction of sp³-hybridized carbons (Fsp3) is 0.391. The van der Waals surface area contributed by atoms with E-state index >= 15 is 0 Å². The summed E-state index contributed by atoms with van der Waals surface area (Å²) in [5.74, 6) is 2.15. The van der Waals surface area contributed by atoms with Crippen LogP contribution in [0.5, 0.6) is 11.5 Å². The standard InChI is InChI=1S/C23H26N6O3/c1-27-22(30)12-18(17-4-6-24-14-25-17)26-23(27)29-9-8-28-7-5-15-10-20(31-2)21(32-3)11-16(15)19(28)13-29/h4,6,10-12,14,19H,5,7-9,13H2,1-3H3. The van der Waals surface area contributed by atoms with Crippen LogP contribution in [0.3, 0.4) is 0 Å². The molecular weight excluding hydrogens is 408 g/mol. The van der Waals surface area contributed by atoms with Crippen LogP contribution >= 0.6 is 0 Å². The number of nitrogens with zero attached hydrogens (tertiary/aromatic N) is 6. The molecule has 1 fully saturated rings. The number of rotatable bonds is 4. The quantitative estimate of drug-likeness (QED) is 0.613. The predicted molar refractivity (Wildman–Crippen MR) is 120 cm³/mol. The maximum atomic E-state index is 12.7. The molecule has 1 unspecified atom stereocenters. The van der Waals surface area contributed by atoms with Crippen molar-refractivity contribution in [2.75, 3.05) is 45.3 Å². The number of hydrogen-bond acceptors (Lipinski definition) is 8. The van der Waals surface area contributed by atoms with Gasteiger partial charge >= 0.3 is 0 Å². The third-order valence-corrected chi connectivity index (χ3v) is 6.40. The Labute approximate surface area is 186 Å². The molecule has 4 heterocycles. The lowest BCUT2D eigenvalue weighted by molar-refractivity contribution is 0.164. The third-order valence-electron chi connectivity index (χ3n) is 6.40. The molecule has 0 bridgehead atoms. The van der Waals surface area contributed by atoms with Gasteiger partial charge in [0.25, 0.3) is 5.56 Å². The average Bonchev–Trinajstić information content (AvgIpc) is 2.84. The van der Waals surface area contributed by atoms with Gasteiger partial charge in [0.1, 0.15) is 6.33 Å². The Morgan fingerprint density at radius 1 is 1.03 bits per heavy atom. The van der Waals surface area contributed by atoms with Gasteiger partial charge in [0.2, 0.25) is 5.95 Å². The van der Waals surface area contributed by atoms with E-state index in [1.54, 1.807) is 38.1 Å². The molecular formula is C23H26N6O3. The number of benzene rings is 1. The summed E-state index contributed by atoms with van der Waals surface area (Å²) in [7, 11) is 5.10. The first kappa shape index (κ1) is 20.4. The minimum Gasteiger partial charge on any atom is -0.493 e. The molecule has 0 saturated carbocycles. The zero-order chi connectivity index (χ0) is 22.2. The molecule has 0 spiro atoms. The average molecular weight is 435 g/mol. The molecule has 9 heteroatoms. The Hall–Kier alpha value is -3.46.